The highest BCUT2D eigenvalue weighted by molar-refractivity contribution is 6.20. The van der Waals surface area contributed by atoms with Crippen LogP contribution in [0.4, 0.5) is 0 Å². The van der Waals surface area contributed by atoms with Crippen molar-refractivity contribution in [1.82, 2.24) is 0 Å². The highest BCUT2D eigenvalue weighted by Gasteiger charge is 2.60. The first-order valence-corrected chi connectivity index (χ1v) is 5.02. The van der Waals surface area contributed by atoms with Crippen molar-refractivity contribution in [2.75, 3.05) is 0 Å². The summed E-state index contributed by atoms with van der Waals surface area (Å²) in [7, 11) is 0. The van der Waals surface area contributed by atoms with Gasteiger partial charge in [-0.05, 0) is 13.8 Å². The van der Waals surface area contributed by atoms with E-state index >= 15 is 0 Å². The Morgan fingerprint density at radius 3 is 2.17 bits per heavy atom. The molecule has 18 heavy (non-hydrogen) atoms. The molecule has 4 atom stereocenters. The van der Waals surface area contributed by atoms with Gasteiger partial charge in [-0.25, -0.2) is 4.79 Å². The topological polar surface area (TPSA) is 138 Å². The zero-order valence-corrected chi connectivity index (χ0v) is 9.61. The first-order chi connectivity index (χ1) is 8.13. The molecular weight excluding hydrogens is 248 g/mol. The van der Waals surface area contributed by atoms with Gasteiger partial charge in [-0.2, -0.15) is 0 Å². The van der Waals surface area contributed by atoms with Crippen molar-refractivity contribution in [1.29, 1.82) is 0 Å². The van der Waals surface area contributed by atoms with Crippen LogP contribution in [0.25, 0.3) is 0 Å². The number of esters is 1. The van der Waals surface area contributed by atoms with Crippen LogP contribution in [0.5, 0.6) is 0 Å². The van der Waals surface area contributed by atoms with Crippen LogP contribution in [0.3, 0.4) is 0 Å². The average Bonchev–Trinajstić information content (AvgIpc) is 2.54. The maximum atomic E-state index is 11.6. The number of rotatable bonds is 4. The maximum absolute atomic E-state index is 11.6. The maximum Gasteiger partial charge on any atom is 0.343 e. The van der Waals surface area contributed by atoms with Crippen molar-refractivity contribution >= 4 is 23.3 Å². The largest absolute Gasteiger partial charge is 0.448 e. The molecule has 0 aliphatic carbocycles. The third-order valence-electron chi connectivity index (χ3n) is 2.66. The van der Waals surface area contributed by atoms with E-state index in [2.05, 4.69) is 4.74 Å². The third kappa shape index (κ3) is 1.94. The van der Waals surface area contributed by atoms with Gasteiger partial charge in [0.1, 0.15) is 6.10 Å². The van der Waals surface area contributed by atoms with Gasteiger partial charge in [0, 0.05) is 0 Å². The van der Waals surface area contributed by atoms with E-state index in [9.17, 15) is 24.3 Å². The molecule has 8 nitrogen and oxygen atoms in total. The minimum Gasteiger partial charge on any atom is -0.448 e. The summed E-state index contributed by atoms with van der Waals surface area (Å²) >= 11 is 0. The predicted molar refractivity (Wildman–Crippen MR) is 53.2 cm³/mol. The number of hydrogen-bond acceptors (Lipinski definition) is 8. The molecule has 0 bridgehead atoms. The van der Waals surface area contributed by atoms with E-state index in [-0.39, 0.29) is 0 Å². The van der Waals surface area contributed by atoms with Crippen LogP contribution in [-0.4, -0.2) is 62.6 Å². The Balaban J connectivity index is 3.23. The second kappa shape index (κ2) is 4.56. The fourth-order valence-electron chi connectivity index (χ4n) is 1.60. The minimum absolute atomic E-state index is 0.798. The Morgan fingerprint density at radius 1 is 1.39 bits per heavy atom. The summed E-state index contributed by atoms with van der Waals surface area (Å²) in [6, 6.07) is 0. The van der Waals surface area contributed by atoms with Gasteiger partial charge < -0.3 is 20.1 Å². The molecule has 3 N–H and O–H groups in total. The van der Waals surface area contributed by atoms with Crippen LogP contribution in [-0.2, 0) is 23.9 Å². The Labute approximate surface area is 101 Å². The van der Waals surface area contributed by atoms with E-state index in [1.807, 2.05) is 0 Å². The van der Waals surface area contributed by atoms with Crippen LogP contribution in [0.2, 0.25) is 0 Å². The lowest BCUT2D eigenvalue weighted by atomic mass is 9.83. The smallest absolute Gasteiger partial charge is 0.343 e. The Kier molecular flexibility index (Phi) is 3.65. The molecule has 0 spiro atoms. The van der Waals surface area contributed by atoms with E-state index in [1.165, 1.54) is 0 Å². The van der Waals surface area contributed by atoms with E-state index in [1.54, 1.807) is 0 Å². The number of ether oxygens (including phenoxy) is 1. The van der Waals surface area contributed by atoms with Crippen molar-refractivity contribution in [2.24, 2.45) is 0 Å². The number of hydrogen-bond donors (Lipinski definition) is 3. The Bertz CT molecular complexity index is 426. The summed E-state index contributed by atoms with van der Waals surface area (Å²) in [5.41, 5.74) is -2.99. The molecule has 1 saturated heterocycles. The van der Waals surface area contributed by atoms with Gasteiger partial charge in [-0.15, -0.1) is 0 Å². The Morgan fingerprint density at radius 2 is 1.89 bits per heavy atom. The van der Waals surface area contributed by atoms with Gasteiger partial charge in [0.15, 0.2) is 5.78 Å². The number of aliphatic hydroxyl groups excluding tert-OH is 2. The molecule has 1 heterocycles. The van der Waals surface area contributed by atoms with E-state index < -0.39 is 47.2 Å². The fraction of sp³-hybridized carbons (Fsp3) is 0.600. The van der Waals surface area contributed by atoms with Gasteiger partial charge in [0.05, 0.1) is 0 Å². The second-order valence-electron chi connectivity index (χ2n) is 3.98. The molecular formula is C10H12O8. The van der Waals surface area contributed by atoms with E-state index in [0.29, 0.717) is 0 Å². The molecule has 2 unspecified atom stereocenters. The van der Waals surface area contributed by atoms with Crippen LogP contribution >= 0.6 is 0 Å². The zero-order chi connectivity index (χ0) is 14.2. The number of carbonyl (C=O) groups is 4. The lowest BCUT2D eigenvalue weighted by Crippen LogP contribution is -2.60. The normalized spacial score (nSPS) is 28.5. The van der Waals surface area contributed by atoms with Crippen molar-refractivity contribution < 1.29 is 39.2 Å². The zero-order valence-electron chi connectivity index (χ0n) is 9.61. The third-order valence-corrected chi connectivity index (χ3v) is 2.66. The number of aliphatic hydroxyl groups is 3. The fourth-order valence-corrected chi connectivity index (χ4v) is 1.60. The highest BCUT2D eigenvalue weighted by atomic mass is 16.6. The van der Waals surface area contributed by atoms with Gasteiger partial charge in [0.2, 0.25) is 29.4 Å². The first kappa shape index (κ1) is 14.4. The van der Waals surface area contributed by atoms with Crippen LogP contribution in [0.15, 0.2) is 0 Å². The monoisotopic (exact) mass is 260 g/mol. The molecule has 0 radical (unpaired) electrons. The molecule has 1 rings (SSSR count). The molecule has 8 heteroatoms. The van der Waals surface area contributed by atoms with E-state index in [0.717, 1.165) is 13.8 Å². The van der Waals surface area contributed by atoms with Gasteiger partial charge in [-0.1, -0.05) is 0 Å². The Hall–Kier alpha value is -1.64. The molecule has 1 aliphatic rings. The van der Waals surface area contributed by atoms with Crippen LogP contribution < -0.4 is 0 Å². The quantitative estimate of drug-likeness (QED) is 0.361. The van der Waals surface area contributed by atoms with Crippen LogP contribution in [0, 0.1) is 0 Å². The molecule has 0 saturated carbocycles. The van der Waals surface area contributed by atoms with Crippen molar-refractivity contribution in [3.05, 3.63) is 0 Å². The molecule has 0 amide bonds. The standard InChI is InChI=1S/C10H12O8/c1-3(11)7(15)10(17,4(2)12)8-5(13)6(14)9(16)18-8/h3,6,8,11,14,17H,1-2H3/t3?,6?,8-,10-/m0/s1. The second-order valence-corrected chi connectivity index (χ2v) is 3.98. The minimum atomic E-state index is -2.99. The number of carbonyl (C=O) groups excluding carboxylic acids is 4. The number of ketones is 3. The van der Waals surface area contributed by atoms with Gasteiger partial charge in [0.25, 0.3) is 0 Å². The van der Waals surface area contributed by atoms with Crippen LogP contribution in [0.1, 0.15) is 13.8 Å². The average molecular weight is 260 g/mol. The summed E-state index contributed by atoms with van der Waals surface area (Å²) in [5, 5.41) is 28.2. The molecule has 1 aliphatic heterocycles. The summed E-state index contributed by atoms with van der Waals surface area (Å²) in [6.45, 7) is 1.78. The number of Topliss-reactive ketones (excluding diaryl/α,β-unsaturated/α-hetero) is 3. The number of cyclic esters (lactones) is 1. The molecule has 1 fully saturated rings. The van der Waals surface area contributed by atoms with Crippen molar-refractivity contribution in [3.8, 4) is 0 Å². The lowest BCUT2D eigenvalue weighted by Gasteiger charge is -2.28. The van der Waals surface area contributed by atoms with Crippen molar-refractivity contribution in [2.45, 2.75) is 37.8 Å². The molecule has 0 aromatic heterocycles. The summed E-state index contributed by atoms with van der Waals surface area (Å²) in [4.78, 5) is 45.4. The van der Waals surface area contributed by atoms with Gasteiger partial charge in [-0.3, -0.25) is 14.4 Å². The SMILES string of the molecule is CC(=O)[C@](O)(C(=O)C(C)O)[C@H]1OC(=O)C(O)C1=O. The van der Waals surface area contributed by atoms with E-state index in [4.69, 9.17) is 10.2 Å². The molecule has 100 valence electrons. The summed E-state index contributed by atoms with van der Waals surface area (Å²) in [6.07, 6.45) is -6.04. The highest BCUT2D eigenvalue weighted by Crippen LogP contribution is 2.26. The summed E-state index contributed by atoms with van der Waals surface area (Å²) in [5.74, 6) is -5.21. The first-order valence-electron chi connectivity index (χ1n) is 5.02. The lowest BCUT2D eigenvalue weighted by molar-refractivity contribution is -0.174. The molecule has 0 aromatic rings. The van der Waals surface area contributed by atoms with Crippen molar-refractivity contribution in [3.63, 3.8) is 0 Å². The molecule has 0 aromatic carbocycles. The predicted octanol–water partition coefficient (Wildman–Crippen LogP) is -2.89. The van der Waals surface area contributed by atoms with Gasteiger partial charge >= 0.3 is 5.97 Å². The summed E-state index contributed by atoms with van der Waals surface area (Å²) < 4.78 is 4.34.